The zero-order chi connectivity index (χ0) is 51.5. The van der Waals surface area contributed by atoms with E-state index in [4.69, 9.17) is 30.5 Å². The molecule has 74 heavy (non-hydrogen) atoms. The van der Waals surface area contributed by atoms with Crippen molar-refractivity contribution in [3.05, 3.63) is 149 Å². The number of aliphatic hydroxyl groups is 1. The maximum absolute atomic E-state index is 14.0. The summed E-state index contributed by atoms with van der Waals surface area (Å²) in [6.45, 7) is 8.44. The molecule has 0 spiro atoms. The van der Waals surface area contributed by atoms with Crippen LogP contribution in [0.4, 0.5) is 15.9 Å². The number of fused-ring (bicyclic) bond motifs is 1. The summed E-state index contributed by atoms with van der Waals surface area (Å²) < 4.78 is 36.6. The summed E-state index contributed by atoms with van der Waals surface area (Å²) in [6, 6.07) is 31.1. The van der Waals surface area contributed by atoms with Gasteiger partial charge in [-0.3, -0.25) is 14.4 Å². The minimum absolute atomic E-state index is 0. The zero-order valence-corrected chi connectivity index (χ0v) is 42.5. The van der Waals surface area contributed by atoms with Gasteiger partial charge >= 0.3 is 0 Å². The van der Waals surface area contributed by atoms with E-state index in [0.29, 0.717) is 33.6 Å². The van der Waals surface area contributed by atoms with Crippen LogP contribution in [0.3, 0.4) is 0 Å². The summed E-state index contributed by atoms with van der Waals surface area (Å²) in [6.07, 6.45) is 0.702. The largest absolute Gasteiger partial charge is 0.491 e. The Hall–Kier alpha value is -7.02. The number of carbonyl (C=O) groups excluding carboxylic acids is 3. The first-order valence-electron chi connectivity index (χ1n) is 23.8. The van der Waals surface area contributed by atoms with E-state index < -0.39 is 35.4 Å². The zero-order valence-electron chi connectivity index (χ0n) is 40.9. The van der Waals surface area contributed by atoms with Crippen LogP contribution >= 0.6 is 22.9 Å². The number of nitrogens with one attached hydrogen (secondary N) is 3. The number of nitrogens with zero attached hydrogens (tertiary/aromatic N) is 4. The molecule has 18 heteroatoms. The minimum Gasteiger partial charge on any atom is -0.491 e. The van der Waals surface area contributed by atoms with Crippen molar-refractivity contribution in [3.63, 3.8) is 0 Å². The van der Waals surface area contributed by atoms with E-state index in [2.05, 4.69) is 30.9 Å². The van der Waals surface area contributed by atoms with Crippen LogP contribution in [0, 0.1) is 18.2 Å². The lowest BCUT2D eigenvalue weighted by Crippen LogP contribution is -2.58. The van der Waals surface area contributed by atoms with Crippen LogP contribution in [-0.2, 0) is 37.0 Å². The average molecular weight is 1050 g/mol. The van der Waals surface area contributed by atoms with Gasteiger partial charge in [0.25, 0.3) is 0 Å². The third-order valence-corrected chi connectivity index (χ3v) is 13.4. The van der Waals surface area contributed by atoms with Crippen LogP contribution < -0.4 is 25.4 Å². The molecule has 5 aromatic carbocycles. The maximum Gasteiger partial charge on any atom is 0.246 e. The number of rotatable bonds is 21. The van der Waals surface area contributed by atoms with Crippen LogP contribution in [-0.4, -0.2) is 100 Å². The van der Waals surface area contributed by atoms with Gasteiger partial charge in [0.15, 0.2) is 0 Å². The Balaban J connectivity index is 0.00000800. The van der Waals surface area contributed by atoms with Gasteiger partial charge in [-0.25, -0.2) is 19.3 Å². The Kier molecular flexibility index (Phi) is 18.7. The fourth-order valence-corrected chi connectivity index (χ4v) is 9.33. The molecule has 8 rings (SSSR count). The van der Waals surface area contributed by atoms with Crippen LogP contribution in [0.5, 0.6) is 11.5 Å². The van der Waals surface area contributed by atoms with E-state index >= 15 is 0 Å². The Bertz CT molecular complexity index is 3030. The van der Waals surface area contributed by atoms with E-state index in [1.54, 1.807) is 35.6 Å². The van der Waals surface area contributed by atoms with Gasteiger partial charge in [0, 0.05) is 30.6 Å². The molecule has 7 aromatic rings. The van der Waals surface area contributed by atoms with Crippen molar-refractivity contribution in [2.75, 3.05) is 44.9 Å². The monoisotopic (exact) mass is 1050 g/mol. The van der Waals surface area contributed by atoms with Crippen molar-refractivity contribution in [1.82, 2.24) is 30.5 Å². The molecule has 15 nitrogen and oxygen atoms in total. The number of aromatic nitrogens is 3. The predicted molar refractivity (Wildman–Crippen MR) is 286 cm³/mol. The third-order valence-electron chi connectivity index (χ3n) is 12.1. The lowest BCUT2D eigenvalue weighted by molar-refractivity contribution is -0.144. The summed E-state index contributed by atoms with van der Waals surface area (Å²) in [5.41, 5.74) is 8.04. The highest BCUT2D eigenvalue weighted by atomic mass is 35.5. The SMILES string of the molecule is C.Cc1ncsc1-c1ccc(CNC(=O)[C@@H]2C[C@@H](O)CN2C(=O)[C@@H](NC(=O)COCCOCCOc2ccc(-c3ccc4ncnc(Nc5ccc(OCc6cccc(F)c6)c(Cl)c5)c4c3)cc2)C(C)(C)C)cc1. The predicted octanol–water partition coefficient (Wildman–Crippen LogP) is 9.70. The summed E-state index contributed by atoms with van der Waals surface area (Å²) >= 11 is 8.13. The van der Waals surface area contributed by atoms with Gasteiger partial charge in [-0.1, -0.05) is 94.4 Å². The molecule has 1 aliphatic heterocycles. The molecule has 3 atom stereocenters. The molecule has 4 N–H and O–H groups in total. The molecule has 2 aromatic heterocycles. The van der Waals surface area contributed by atoms with E-state index in [0.717, 1.165) is 43.7 Å². The highest BCUT2D eigenvalue weighted by Crippen LogP contribution is 2.34. The van der Waals surface area contributed by atoms with Crippen molar-refractivity contribution >= 4 is 63.1 Å². The molecule has 0 bridgehead atoms. The van der Waals surface area contributed by atoms with Gasteiger partial charge in [-0.05, 0) is 94.8 Å². The Morgan fingerprint density at radius 3 is 2.32 bits per heavy atom. The first-order chi connectivity index (χ1) is 35.2. The van der Waals surface area contributed by atoms with Crippen molar-refractivity contribution in [2.24, 2.45) is 5.41 Å². The average Bonchev–Trinajstić information content (AvgIpc) is 4.00. The summed E-state index contributed by atoms with van der Waals surface area (Å²) in [7, 11) is 0. The van der Waals surface area contributed by atoms with Gasteiger partial charge in [-0.2, -0.15) is 0 Å². The van der Waals surface area contributed by atoms with E-state index in [1.165, 1.54) is 23.4 Å². The van der Waals surface area contributed by atoms with Gasteiger partial charge in [0.2, 0.25) is 17.7 Å². The number of amides is 3. The lowest BCUT2D eigenvalue weighted by Gasteiger charge is -2.35. The van der Waals surface area contributed by atoms with E-state index in [-0.39, 0.29) is 78.3 Å². The standard InChI is InChI=1S/C55H57ClFN7O8S.CH4/c1-34-50(73-33-61-34)38-10-8-35(9-11-38)28-58-53(67)47-27-42(65)29-64(47)54(68)51(55(2,3)4)63-49(66)31-70-21-20-69-22-23-71-43-16-12-37(13-17-43)39-14-18-46-44(25-39)52(60-32-59-46)62-41-15-19-48(45(56)26-41)72-30-36-6-5-7-40(57)24-36;/h5-19,24-26,32-33,42,47,51,65H,20-23,27-31H2,1-4H3,(H,58,67)(H,63,66)(H,59,60,62);1H4/t42-,47+,51-;/m1./s1. The summed E-state index contributed by atoms with van der Waals surface area (Å²) in [4.78, 5) is 56.2. The molecule has 0 aliphatic carbocycles. The summed E-state index contributed by atoms with van der Waals surface area (Å²) in [5.74, 6) is 0.0713. The molecule has 0 unspecified atom stereocenters. The van der Waals surface area contributed by atoms with Crippen LogP contribution in [0.1, 0.15) is 51.4 Å². The fourth-order valence-electron chi connectivity index (χ4n) is 8.29. The van der Waals surface area contributed by atoms with Crippen LogP contribution in [0.25, 0.3) is 32.5 Å². The lowest BCUT2D eigenvalue weighted by atomic mass is 9.85. The number of ether oxygens (including phenoxy) is 4. The molecule has 1 fully saturated rings. The van der Waals surface area contributed by atoms with Gasteiger partial charge in [0.05, 0.1) is 52.5 Å². The van der Waals surface area contributed by atoms with Crippen molar-refractivity contribution in [1.29, 1.82) is 0 Å². The third kappa shape index (κ3) is 14.4. The number of aliphatic hydroxyl groups excluding tert-OH is 1. The molecule has 3 amide bonds. The van der Waals surface area contributed by atoms with E-state index in [1.807, 2.05) is 106 Å². The first-order valence-corrected chi connectivity index (χ1v) is 25.1. The van der Waals surface area contributed by atoms with Crippen LogP contribution in [0.15, 0.2) is 121 Å². The number of anilines is 2. The minimum atomic E-state index is -0.980. The molecular weight excluding hydrogens is 985 g/mol. The number of carbonyl (C=O) groups is 3. The normalized spacial score (nSPS) is 14.8. The number of likely N-dealkylation sites (tertiary alicyclic amines) is 1. The number of benzene rings is 5. The second-order valence-electron chi connectivity index (χ2n) is 18.6. The number of thiazole rings is 1. The molecule has 1 aliphatic rings. The Morgan fingerprint density at radius 2 is 1.59 bits per heavy atom. The highest BCUT2D eigenvalue weighted by molar-refractivity contribution is 7.13. The smallest absolute Gasteiger partial charge is 0.246 e. The second kappa shape index (κ2) is 25.3. The number of aryl methyl sites for hydroxylation is 1. The molecular formula is C56H61ClFN7O8S. The molecule has 1 saturated heterocycles. The van der Waals surface area contributed by atoms with E-state index in [9.17, 15) is 23.9 Å². The number of halogens is 2. The summed E-state index contributed by atoms with van der Waals surface area (Å²) in [5, 5.41) is 20.8. The Labute approximate surface area is 439 Å². The topological polar surface area (TPSA) is 186 Å². The second-order valence-corrected chi connectivity index (χ2v) is 19.9. The van der Waals surface area contributed by atoms with Crippen molar-refractivity contribution in [2.45, 2.75) is 72.9 Å². The number of hydrogen-bond acceptors (Lipinski definition) is 13. The van der Waals surface area contributed by atoms with Gasteiger partial charge in [0.1, 0.15) is 61.4 Å². The van der Waals surface area contributed by atoms with Crippen LogP contribution in [0.2, 0.25) is 5.02 Å². The molecule has 0 saturated carbocycles. The maximum atomic E-state index is 14.0. The molecule has 388 valence electrons. The van der Waals surface area contributed by atoms with Crippen molar-refractivity contribution in [3.8, 4) is 33.1 Å². The van der Waals surface area contributed by atoms with Crippen molar-refractivity contribution < 1.29 is 42.8 Å². The van der Waals surface area contributed by atoms with Gasteiger partial charge in [-0.15, -0.1) is 11.3 Å². The fraction of sp³-hybridized carbons (Fsp3) is 0.321. The highest BCUT2D eigenvalue weighted by Gasteiger charge is 2.44. The Morgan fingerprint density at radius 1 is 0.851 bits per heavy atom. The molecule has 0 radical (unpaired) electrons. The first kappa shape index (κ1) is 54.7. The number of β-amino-alcohol motifs (C(OH)–C–C–N with tert-alkyl or cyclic N) is 1. The van der Waals surface area contributed by atoms with Gasteiger partial charge < -0.3 is 44.9 Å². The molecule has 3 heterocycles. The number of hydrogen-bond donors (Lipinski definition) is 4. The quantitative estimate of drug-likeness (QED) is 0.0500.